The van der Waals surface area contributed by atoms with Crippen LogP contribution in [0.1, 0.15) is 48.5 Å². The van der Waals surface area contributed by atoms with Gasteiger partial charge in [0.15, 0.2) is 0 Å². The summed E-state index contributed by atoms with van der Waals surface area (Å²) in [5.74, 6) is -1.84. The monoisotopic (exact) mass is 293 g/mol. The maximum Gasteiger partial charge on any atom is 0.329 e. The van der Waals surface area contributed by atoms with Crippen molar-refractivity contribution in [2.24, 2.45) is 0 Å². The quantitative estimate of drug-likeness (QED) is 0.928. The van der Waals surface area contributed by atoms with Crippen LogP contribution in [0, 0.1) is 12.7 Å². The Bertz CT molecular complexity index is 573. The summed E-state index contributed by atoms with van der Waals surface area (Å²) in [6.07, 6.45) is 2.21. The van der Waals surface area contributed by atoms with Crippen molar-refractivity contribution in [1.29, 1.82) is 0 Å². The summed E-state index contributed by atoms with van der Waals surface area (Å²) in [5, 5.41) is 9.62. The van der Waals surface area contributed by atoms with Crippen molar-refractivity contribution < 1.29 is 19.1 Å². The molecule has 0 bridgehead atoms. The topological polar surface area (TPSA) is 57.6 Å². The number of carboxylic acids is 1. The van der Waals surface area contributed by atoms with Crippen molar-refractivity contribution in [1.82, 2.24) is 4.90 Å². The van der Waals surface area contributed by atoms with Crippen molar-refractivity contribution >= 4 is 11.9 Å². The third-order valence-corrected chi connectivity index (χ3v) is 4.23. The highest BCUT2D eigenvalue weighted by atomic mass is 19.1. The van der Waals surface area contributed by atoms with Crippen LogP contribution in [0.2, 0.25) is 0 Å². The minimum Gasteiger partial charge on any atom is -0.479 e. The molecule has 2 rings (SSSR count). The molecule has 1 aromatic carbocycles. The third kappa shape index (κ3) is 2.64. The molecule has 0 aromatic heterocycles. The van der Waals surface area contributed by atoms with E-state index in [-0.39, 0.29) is 11.5 Å². The molecule has 0 radical (unpaired) electrons. The van der Waals surface area contributed by atoms with Crippen LogP contribution in [-0.2, 0) is 4.79 Å². The van der Waals surface area contributed by atoms with Crippen molar-refractivity contribution in [2.45, 2.75) is 45.1 Å². The zero-order valence-electron chi connectivity index (χ0n) is 12.4. The second-order valence-corrected chi connectivity index (χ2v) is 5.61. The molecular formula is C16H20FNO3. The van der Waals surface area contributed by atoms with Gasteiger partial charge < -0.3 is 10.0 Å². The smallest absolute Gasteiger partial charge is 0.329 e. The number of aliphatic carboxylic acids is 1. The zero-order chi connectivity index (χ0) is 15.6. The molecule has 0 spiro atoms. The van der Waals surface area contributed by atoms with E-state index in [1.165, 1.54) is 17.0 Å². The fraction of sp³-hybridized carbons (Fsp3) is 0.500. The zero-order valence-corrected chi connectivity index (χ0v) is 12.4. The average molecular weight is 293 g/mol. The Balaban J connectivity index is 2.41. The van der Waals surface area contributed by atoms with Crippen molar-refractivity contribution in [3.05, 3.63) is 35.1 Å². The van der Waals surface area contributed by atoms with Gasteiger partial charge in [0.1, 0.15) is 11.4 Å². The molecule has 0 saturated carbocycles. The molecule has 1 saturated heterocycles. The van der Waals surface area contributed by atoms with Gasteiger partial charge in [-0.05, 0) is 43.9 Å². The van der Waals surface area contributed by atoms with Crippen LogP contribution in [0.25, 0.3) is 0 Å². The van der Waals surface area contributed by atoms with E-state index in [0.29, 0.717) is 37.8 Å². The summed E-state index contributed by atoms with van der Waals surface area (Å²) in [7, 11) is 0. The third-order valence-electron chi connectivity index (χ3n) is 4.23. The highest BCUT2D eigenvalue weighted by Crippen LogP contribution is 2.35. The second-order valence-electron chi connectivity index (χ2n) is 5.61. The molecular weight excluding hydrogens is 273 g/mol. The lowest BCUT2D eigenvalue weighted by atomic mass is 9.90. The van der Waals surface area contributed by atoms with E-state index in [9.17, 15) is 19.1 Å². The minimum absolute atomic E-state index is 0.249. The highest BCUT2D eigenvalue weighted by Gasteiger charge is 2.49. The van der Waals surface area contributed by atoms with E-state index in [4.69, 9.17) is 0 Å². The summed E-state index contributed by atoms with van der Waals surface area (Å²) < 4.78 is 13.4. The number of benzene rings is 1. The first kappa shape index (κ1) is 15.5. The number of rotatable bonds is 4. The fourth-order valence-electron chi connectivity index (χ4n) is 3.15. The van der Waals surface area contributed by atoms with Gasteiger partial charge in [-0.2, -0.15) is 0 Å². The van der Waals surface area contributed by atoms with E-state index >= 15 is 0 Å². The molecule has 0 aliphatic carbocycles. The molecule has 1 N–H and O–H groups in total. The summed E-state index contributed by atoms with van der Waals surface area (Å²) >= 11 is 0. The van der Waals surface area contributed by atoms with Gasteiger partial charge in [-0.3, -0.25) is 4.79 Å². The number of hydrogen-bond donors (Lipinski definition) is 1. The molecule has 1 unspecified atom stereocenters. The Hall–Kier alpha value is -1.91. The number of halogens is 1. The molecule has 1 amide bonds. The van der Waals surface area contributed by atoms with E-state index in [2.05, 4.69) is 0 Å². The SMILES string of the molecule is CCCC1(C(=O)O)CCCN1C(=O)c1cc(F)ccc1C. The van der Waals surface area contributed by atoms with Gasteiger partial charge in [0.25, 0.3) is 5.91 Å². The molecule has 1 fully saturated rings. The summed E-state index contributed by atoms with van der Waals surface area (Å²) in [5.41, 5.74) is -0.243. The predicted molar refractivity (Wildman–Crippen MR) is 76.7 cm³/mol. The van der Waals surface area contributed by atoms with Crippen molar-refractivity contribution in [3.63, 3.8) is 0 Å². The molecule has 4 nitrogen and oxygen atoms in total. The van der Waals surface area contributed by atoms with Crippen LogP contribution in [-0.4, -0.2) is 34.0 Å². The average Bonchev–Trinajstić information content (AvgIpc) is 2.86. The molecule has 1 aliphatic rings. The van der Waals surface area contributed by atoms with Gasteiger partial charge in [-0.1, -0.05) is 19.4 Å². The van der Waals surface area contributed by atoms with Crippen LogP contribution in [0.4, 0.5) is 4.39 Å². The lowest BCUT2D eigenvalue weighted by Crippen LogP contribution is -2.53. The summed E-state index contributed by atoms with van der Waals surface area (Å²) in [6, 6.07) is 4.03. The molecule has 1 aliphatic heterocycles. The first-order valence-corrected chi connectivity index (χ1v) is 7.24. The maximum absolute atomic E-state index is 13.4. The van der Waals surface area contributed by atoms with E-state index < -0.39 is 17.3 Å². The highest BCUT2D eigenvalue weighted by molar-refractivity contribution is 5.99. The first-order chi connectivity index (χ1) is 9.92. The Morgan fingerprint density at radius 2 is 2.14 bits per heavy atom. The standard InChI is InChI=1S/C16H20FNO3/c1-3-7-16(15(20)21)8-4-9-18(16)14(19)13-10-12(17)6-5-11(13)2/h5-6,10H,3-4,7-9H2,1-2H3,(H,20,21). The molecule has 5 heteroatoms. The van der Waals surface area contributed by atoms with E-state index in [1.54, 1.807) is 13.0 Å². The summed E-state index contributed by atoms with van der Waals surface area (Å²) in [6.45, 7) is 4.03. The van der Waals surface area contributed by atoms with Crippen LogP contribution in [0.15, 0.2) is 18.2 Å². The lowest BCUT2D eigenvalue weighted by molar-refractivity contribution is -0.148. The number of carboxylic acid groups (broad SMARTS) is 1. The predicted octanol–water partition coefficient (Wildman–Crippen LogP) is 2.99. The maximum atomic E-state index is 13.4. The molecule has 1 atom stereocenters. The lowest BCUT2D eigenvalue weighted by Gasteiger charge is -2.35. The number of nitrogens with zero attached hydrogens (tertiary/aromatic N) is 1. The number of likely N-dealkylation sites (tertiary alicyclic amines) is 1. The fourth-order valence-corrected chi connectivity index (χ4v) is 3.15. The van der Waals surface area contributed by atoms with Crippen molar-refractivity contribution in [3.8, 4) is 0 Å². The number of carbonyl (C=O) groups is 2. The van der Waals surface area contributed by atoms with Gasteiger partial charge in [0.2, 0.25) is 0 Å². The normalized spacial score (nSPS) is 21.6. The number of hydrogen-bond acceptors (Lipinski definition) is 2. The minimum atomic E-state index is -1.15. The van der Waals surface area contributed by atoms with Crippen LogP contribution in [0.5, 0.6) is 0 Å². The second kappa shape index (κ2) is 5.84. The number of aryl methyl sites for hydroxylation is 1. The molecule has 114 valence electrons. The van der Waals surface area contributed by atoms with Gasteiger partial charge in [-0.25, -0.2) is 9.18 Å². The van der Waals surface area contributed by atoms with Crippen molar-refractivity contribution in [2.75, 3.05) is 6.54 Å². The van der Waals surface area contributed by atoms with Crippen LogP contribution >= 0.6 is 0 Å². The van der Waals surface area contributed by atoms with Crippen LogP contribution in [0.3, 0.4) is 0 Å². The summed E-state index contributed by atoms with van der Waals surface area (Å²) in [4.78, 5) is 25.9. The van der Waals surface area contributed by atoms with Gasteiger partial charge in [0.05, 0.1) is 0 Å². The molecule has 1 heterocycles. The van der Waals surface area contributed by atoms with E-state index in [0.717, 1.165) is 0 Å². The number of amides is 1. The van der Waals surface area contributed by atoms with Gasteiger partial charge >= 0.3 is 5.97 Å². The Labute approximate surface area is 123 Å². The first-order valence-electron chi connectivity index (χ1n) is 7.24. The number of carbonyl (C=O) groups excluding carboxylic acids is 1. The Kier molecular flexibility index (Phi) is 4.30. The molecule has 1 aromatic rings. The van der Waals surface area contributed by atoms with Crippen LogP contribution < -0.4 is 0 Å². The Morgan fingerprint density at radius 1 is 1.43 bits per heavy atom. The molecule has 21 heavy (non-hydrogen) atoms. The Morgan fingerprint density at radius 3 is 2.76 bits per heavy atom. The van der Waals surface area contributed by atoms with Gasteiger partial charge in [-0.15, -0.1) is 0 Å². The van der Waals surface area contributed by atoms with Gasteiger partial charge in [0, 0.05) is 12.1 Å². The largest absolute Gasteiger partial charge is 0.479 e. The van der Waals surface area contributed by atoms with E-state index in [1.807, 2.05) is 6.92 Å².